The molecule has 540 valence electrons. The van der Waals surface area contributed by atoms with Crippen LogP contribution in [0.5, 0.6) is 34.5 Å². The van der Waals surface area contributed by atoms with Gasteiger partial charge in [-0.05, 0) is 111 Å². The molecular weight excluding hydrogens is 1500 g/mol. The Hall–Kier alpha value is -7.68. The average Bonchev–Trinajstić information content (AvgIpc) is 1.51. The van der Waals surface area contributed by atoms with Gasteiger partial charge in [-0.1, -0.05) is 175 Å². The zero-order valence-electron chi connectivity index (χ0n) is 58.6. The maximum absolute atomic E-state index is 13.0. The van der Waals surface area contributed by atoms with Crippen LogP contribution in [0.4, 0.5) is 0 Å². The van der Waals surface area contributed by atoms with Crippen LogP contribution >= 0.6 is 47.8 Å². The minimum Gasteiger partial charge on any atom is -0.495 e. The number of hydrogen-bond donors (Lipinski definition) is 7. The summed E-state index contributed by atoms with van der Waals surface area (Å²) in [5.41, 5.74) is 5.33. The number of aromatic nitrogens is 3. The lowest BCUT2D eigenvalue weighted by molar-refractivity contribution is -0.131. The fraction of sp³-hybridized carbons (Fsp3) is 0.358. The van der Waals surface area contributed by atoms with Crippen molar-refractivity contribution in [2.45, 2.75) is 58.3 Å². The number of benzene rings is 6. The summed E-state index contributed by atoms with van der Waals surface area (Å²) in [6, 6.07) is 53.5. The van der Waals surface area contributed by atoms with Crippen molar-refractivity contribution in [2.24, 2.45) is 41.2 Å². The monoisotopic (exact) mass is 1590 g/mol. The number of ether oxygens (including phenoxy) is 6. The van der Waals surface area contributed by atoms with Crippen molar-refractivity contribution in [3.05, 3.63) is 264 Å². The number of nitrogens with two attached hydrogens (primary N) is 1. The lowest BCUT2D eigenvalue weighted by Crippen LogP contribution is -2.52. The van der Waals surface area contributed by atoms with Gasteiger partial charge in [-0.25, -0.2) is 0 Å². The minimum atomic E-state index is -1.55. The first-order chi connectivity index (χ1) is 49.7. The molecule has 6 heterocycles. The smallest absolute Gasteiger partial charge is 0.174 e. The largest absolute Gasteiger partial charge is 0.495 e. The number of halogens is 3. The second-order valence-electron chi connectivity index (χ2n) is 27.5. The van der Waals surface area contributed by atoms with Crippen LogP contribution in [-0.4, -0.2) is 151 Å². The van der Waals surface area contributed by atoms with Crippen molar-refractivity contribution in [3.8, 4) is 34.5 Å². The molecule has 0 unspecified atom stereocenters. The van der Waals surface area contributed by atoms with Crippen molar-refractivity contribution in [1.29, 1.82) is 0 Å². The van der Waals surface area contributed by atoms with Crippen LogP contribution in [0.2, 0.25) is 0 Å². The molecule has 15 rings (SSSR count). The molecule has 103 heavy (non-hydrogen) atoms. The second-order valence-corrected chi connectivity index (χ2v) is 30.2. The van der Waals surface area contributed by atoms with Gasteiger partial charge in [0.25, 0.3) is 0 Å². The maximum atomic E-state index is 13.0. The number of carbonyl (C=O) groups is 1. The van der Waals surface area contributed by atoms with E-state index in [1.54, 1.807) is 58.5 Å². The van der Waals surface area contributed by atoms with E-state index in [4.69, 9.17) is 38.9 Å². The van der Waals surface area contributed by atoms with Gasteiger partial charge in [0, 0.05) is 99.6 Å². The fourth-order valence-electron chi connectivity index (χ4n) is 18.5. The van der Waals surface area contributed by atoms with Crippen LogP contribution in [0, 0.1) is 35.5 Å². The molecular formula is C81H87Br3N6O13. The highest BCUT2D eigenvalue weighted by atomic mass is 79.9. The Morgan fingerprint density at radius 1 is 0.437 bits per heavy atom. The van der Waals surface area contributed by atoms with E-state index in [0.717, 1.165) is 53.1 Å². The van der Waals surface area contributed by atoms with Crippen LogP contribution in [0.1, 0.15) is 74.7 Å². The highest BCUT2D eigenvalue weighted by Gasteiger charge is 2.79. The first-order valence-electron chi connectivity index (χ1n) is 34.2. The zero-order chi connectivity index (χ0) is 73.4. The summed E-state index contributed by atoms with van der Waals surface area (Å²) in [5.74, 6) is -0.228. The third kappa shape index (κ3) is 11.9. The van der Waals surface area contributed by atoms with Crippen LogP contribution < -0.4 is 34.2 Å². The fourth-order valence-corrected chi connectivity index (χ4v) is 19.3. The van der Waals surface area contributed by atoms with Gasteiger partial charge in [0.2, 0.25) is 0 Å². The number of aldehydes is 1. The molecule has 0 bridgehead atoms. The predicted octanol–water partition coefficient (Wildman–Crippen LogP) is 11.3. The molecule has 6 aromatic carbocycles. The Labute approximate surface area is 626 Å². The molecule has 3 saturated carbocycles. The summed E-state index contributed by atoms with van der Waals surface area (Å²) in [5, 5.41) is 70.9. The molecule has 3 aliphatic carbocycles. The number of hydrogen-bond acceptors (Lipinski definition) is 19. The van der Waals surface area contributed by atoms with Crippen molar-refractivity contribution in [1.82, 2.24) is 24.8 Å². The molecule has 3 aliphatic heterocycles. The van der Waals surface area contributed by atoms with Gasteiger partial charge in [-0.2, -0.15) is 0 Å². The van der Waals surface area contributed by atoms with Crippen LogP contribution in [-0.2, 0) is 38.4 Å². The number of aliphatic hydroxyl groups is 6. The molecule has 15 atom stereocenters. The number of nitrogens with zero attached hydrogens (tertiary/aromatic N) is 5. The molecule has 8 N–H and O–H groups in total. The van der Waals surface area contributed by atoms with E-state index in [1.165, 1.54) is 6.92 Å². The quantitative estimate of drug-likeness (QED) is 0.0418. The van der Waals surface area contributed by atoms with Crippen LogP contribution in [0.3, 0.4) is 0 Å². The second kappa shape index (κ2) is 30.4. The molecule has 6 aliphatic rings. The Morgan fingerprint density at radius 3 is 0.922 bits per heavy atom. The lowest BCUT2D eigenvalue weighted by atomic mass is 9.70. The lowest BCUT2D eigenvalue weighted by Gasteiger charge is -2.42. The van der Waals surface area contributed by atoms with Gasteiger partial charge in [-0.15, -0.1) is 0 Å². The number of aliphatic hydroxyl groups excluding tert-OH is 3. The first kappa shape index (κ1) is 75.0. The van der Waals surface area contributed by atoms with Crippen LogP contribution in [0.25, 0.3) is 0 Å². The summed E-state index contributed by atoms with van der Waals surface area (Å²) in [7, 11) is 12.6. The standard InChI is InChI=1S/2C27H29BrN2O4.C25H25BrN2O4.C2H4O/c2*1-30(2)15-21-20(16-31)24(17-7-5-4-6-8-17)27(18-9-11-19(28)12-10-18)26(21,32)25-22(33-3)13-29-14-23(25)34-27;1-31-20-12-28-13-21-23(20)24(30)19(11-27)18(14-29)22(15-5-3-2-4-6-15)25(24,32-21)16-7-9-17(26)10-8-16;1-2-3/h2*4-14,20-21,24,31-32H,15-16H2,1-3H3;2-10,12-13,18-19,22,29-30H,11,14,27H2,1H3;2H,1H3/t2*20-,21-,24+,26+,27-;18-,19-,22+,24+,25-;/m000./s1. The van der Waals surface area contributed by atoms with Crippen molar-refractivity contribution in [2.75, 3.05) is 89.0 Å². The van der Waals surface area contributed by atoms with E-state index in [1.807, 2.05) is 192 Å². The molecule has 0 saturated heterocycles. The Balaban J connectivity index is 0.000000143. The molecule has 0 amide bonds. The van der Waals surface area contributed by atoms with E-state index < -0.39 is 39.5 Å². The van der Waals surface area contributed by atoms with Gasteiger partial charge in [0.05, 0.1) is 75.2 Å². The van der Waals surface area contributed by atoms with Crippen molar-refractivity contribution in [3.63, 3.8) is 0 Å². The van der Waals surface area contributed by atoms with E-state index in [2.05, 4.69) is 72.5 Å². The number of rotatable bonds is 17. The number of pyridine rings is 3. The maximum Gasteiger partial charge on any atom is 0.174 e. The van der Waals surface area contributed by atoms with E-state index in [9.17, 15) is 30.6 Å². The first-order valence-corrected chi connectivity index (χ1v) is 36.5. The van der Waals surface area contributed by atoms with Crippen molar-refractivity contribution >= 4 is 54.1 Å². The highest BCUT2D eigenvalue weighted by Crippen LogP contribution is 2.75. The Morgan fingerprint density at radius 2 is 0.689 bits per heavy atom. The van der Waals surface area contributed by atoms with Gasteiger partial charge in [0.1, 0.15) is 57.6 Å². The van der Waals surface area contributed by atoms with Crippen LogP contribution in [0.15, 0.2) is 214 Å². The van der Waals surface area contributed by atoms with Crippen molar-refractivity contribution < 1.29 is 63.9 Å². The molecule has 3 fully saturated rings. The molecule has 9 aromatic rings. The molecule has 19 nitrogen and oxygen atoms in total. The summed E-state index contributed by atoms with van der Waals surface area (Å²) < 4.78 is 40.3. The van der Waals surface area contributed by atoms with E-state index in [0.29, 0.717) is 64.3 Å². The predicted molar refractivity (Wildman–Crippen MR) is 401 cm³/mol. The molecule has 0 spiro atoms. The van der Waals surface area contributed by atoms with E-state index >= 15 is 0 Å². The van der Waals surface area contributed by atoms with Gasteiger partial charge < -0.3 is 79.4 Å². The zero-order valence-corrected chi connectivity index (χ0v) is 63.3. The SMILES string of the molecule is CC=O.COc1cncc2c1[C@]1(O)[C@@H](CN(C)C)[C@H](CO)[C@@H](c3ccccc3)[C@]1(c1ccc(Br)cc1)O2.COc1cncc2c1[C@]1(O)[C@@H](CN(C)C)[C@H](CO)[C@@H](c3ccccc3)[C@]1(c1ccc(Br)cc1)O2.COc1cncc2c1[C@]1(O)[C@@H](CN)[C@H](CO)[C@@H](c3ccccc3)[C@]1(c1ccc(Br)cc1)O2. The minimum absolute atomic E-state index is 0.0925. The third-order valence-electron chi connectivity index (χ3n) is 22.0. The normalized spacial score (nSPS) is 29.1. The summed E-state index contributed by atoms with van der Waals surface area (Å²) in [6.45, 7) is 2.39. The number of carbonyl (C=O) groups excluding carboxylic acids is 1. The summed E-state index contributed by atoms with van der Waals surface area (Å²) in [6.07, 6.45) is 10.5. The Bertz CT molecular complexity index is 4220. The molecule has 3 aromatic heterocycles. The molecule has 22 heteroatoms. The van der Waals surface area contributed by atoms with Gasteiger partial charge in [-0.3, -0.25) is 15.0 Å². The van der Waals surface area contributed by atoms with E-state index in [-0.39, 0.29) is 73.7 Å². The average molecular weight is 1590 g/mol. The topological polar surface area (TPSA) is 265 Å². The number of methoxy groups -OCH3 is 3. The highest BCUT2D eigenvalue weighted by molar-refractivity contribution is 9.11. The summed E-state index contributed by atoms with van der Waals surface area (Å²) >= 11 is 10.6. The Kier molecular flexibility index (Phi) is 22.2. The summed E-state index contributed by atoms with van der Waals surface area (Å²) in [4.78, 5) is 25.8. The number of fused-ring (bicyclic) bond motifs is 9. The van der Waals surface area contributed by atoms with Gasteiger partial charge >= 0.3 is 0 Å². The third-order valence-corrected chi connectivity index (χ3v) is 23.6. The molecule has 0 radical (unpaired) electrons. The van der Waals surface area contributed by atoms with Gasteiger partial charge in [0.15, 0.2) is 16.8 Å².